The van der Waals surface area contributed by atoms with Crippen LogP contribution in [0.1, 0.15) is 10.7 Å². The number of aromatic nitrogens is 6. The van der Waals surface area contributed by atoms with Crippen molar-refractivity contribution in [1.29, 1.82) is 0 Å². The van der Waals surface area contributed by atoms with Crippen LogP contribution in [0.2, 0.25) is 0 Å². The summed E-state index contributed by atoms with van der Waals surface area (Å²) in [7, 11) is 5.97. The Hall–Kier alpha value is -3.24. The normalized spacial score (nSPS) is 16.5. The predicted octanol–water partition coefficient (Wildman–Crippen LogP) is 1.59. The fourth-order valence-corrected chi connectivity index (χ4v) is 4.82. The lowest BCUT2D eigenvalue weighted by atomic mass is 10.2. The van der Waals surface area contributed by atoms with E-state index in [1.807, 2.05) is 31.8 Å². The lowest BCUT2D eigenvalue weighted by molar-refractivity contribution is 0.308. The Morgan fingerprint density at radius 2 is 2.20 bits per heavy atom. The van der Waals surface area contributed by atoms with E-state index in [2.05, 4.69) is 43.7 Å². The predicted molar refractivity (Wildman–Crippen MR) is 117 cm³/mol. The maximum absolute atomic E-state index is 13.0. The molecule has 0 saturated carbocycles. The van der Waals surface area contributed by atoms with Gasteiger partial charge in [-0.1, -0.05) is 6.08 Å². The molecule has 0 fully saturated rings. The van der Waals surface area contributed by atoms with Gasteiger partial charge in [0.05, 0.1) is 29.3 Å². The second-order valence-electron chi connectivity index (χ2n) is 7.56. The van der Waals surface area contributed by atoms with Crippen molar-refractivity contribution in [2.75, 3.05) is 14.1 Å². The van der Waals surface area contributed by atoms with Gasteiger partial charge >= 0.3 is 0 Å². The molecular formula is C20H22N8OS. The topological polar surface area (TPSA) is 96.7 Å². The number of rotatable bonds is 5. The summed E-state index contributed by atoms with van der Waals surface area (Å²) in [5, 5.41) is 16.6. The molecule has 1 aliphatic rings. The van der Waals surface area contributed by atoms with Gasteiger partial charge in [-0.25, -0.2) is 9.67 Å². The van der Waals surface area contributed by atoms with Crippen LogP contribution in [0.15, 0.2) is 47.2 Å². The standard InChI is InChI=1S/C20H22N8OS/c1-26(2)15-6-4-5-12(23-15)9-16-24-19-18(30-16)14-10-22-28(11-13-7-8-21-25-13)20(29)17(14)27(19)3/h4-8,10,15,23H,9,11H2,1-3H3,(H,21,25). The number of hydrogen-bond acceptors (Lipinski definition) is 7. The molecule has 0 saturated heterocycles. The quantitative estimate of drug-likeness (QED) is 0.507. The first kappa shape index (κ1) is 18.8. The Morgan fingerprint density at radius 1 is 1.33 bits per heavy atom. The summed E-state index contributed by atoms with van der Waals surface area (Å²) >= 11 is 1.61. The molecule has 1 aliphatic heterocycles. The number of nitrogens with one attached hydrogen (secondary N) is 2. The van der Waals surface area contributed by atoms with Crippen LogP contribution in [0.4, 0.5) is 0 Å². The Morgan fingerprint density at radius 3 is 2.97 bits per heavy atom. The summed E-state index contributed by atoms with van der Waals surface area (Å²) < 4.78 is 4.31. The average molecular weight is 423 g/mol. The third-order valence-corrected chi connectivity index (χ3v) is 6.34. The molecule has 0 amide bonds. The van der Waals surface area contributed by atoms with Crippen molar-refractivity contribution in [3.8, 4) is 0 Å². The molecule has 2 N–H and O–H groups in total. The van der Waals surface area contributed by atoms with Gasteiger partial charge in [0, 0.05) is 30.7 Å². The number of thiazole rings is 1. The fourth-order valence-electron chi connectivity index (χ4n) is 3.69. The average Bonchev–Trinajstić information content (AvgIpc) is 3.43. The molecule has 0 radical (unpaired) electrons. The van der Waals surface area contributed by atoms with Gasteiger partial charge in [0.2, 0.25) is 0 Å². The number of dihydropyridines is 1. The fraction of sp³-hybridized carbons (Fsp3) is 0.300. The molecule has 9 nitrogen and oxygen atoms in total. The minimum Gasteiger partial charge on any atom is -0.369 e. The number of aryl methyl sites for hydroxylation is 1. The Kier molecular flexibility index (Phi) is 4.52. The smallest absolute Gasteiger partial charge is 0.291 e. The first-order valence-corrected chi connectivity index (χ1v) is 10.5. The van der Waals surface area contributed by atoms with Gasteiger partial charge in [-0.05, 0) is 32.3 Å². The number of allylic oxidation sites excluding steroid dienone is 3. The van der Waals surface area contributed by atoms with Crippen LogP contribution >= 0.6 is 11.3 Å². The van der Waals surface area contributed by atoms with Crippen LogP contribution in [0.5, 0.6) is 0 Å². The van der Waals surface area contributed by atoms with Crippen molar-refractivity contribution < 1.29 is 0 Å². The van der Waals surface area contributed by atoms with E-state index in [0.717, 1.165) is 38.6 Å². The summed E-state index contributed by atoms with van der Waals surface area (Å²) in [6.45, 7) is 0.330. The van der Waals surface area contributed by atoms with Gasteiger partial charge < -0.3 is 9.88 Å². The zero-order valence-corrected chi connectivity index (χ0v) is 17.8. The van der Waals surface area contributed by atoms with Crippen molar-refractivity contribution in [2.24, 2.45) is 7.05 Å². The first-order valence-electron chi connectivity index (χ1n) is 9.64. The van der Waals surface area contributed by atoms with E-state index in [1.165, 1.54) is 4.68 Å². The third kappa shape index (κ3) is 3.14. The highest BCUT2D eigenvalue weighted by molar-refractivity contribution is 7.19. The molecular weight excluding hydrogens is 400 g/mol. The van der Waals surface area contributed by atoms with Crippen molar-refractivity contribution >= 4 is 32.6 Å². The van der Waals surface area contributed by atoms with E-state index in [0.29, 0.717) is 12.1 Å². The molecule has 0 aromatic carbocycles. The molecule has 0 bridgehead atoms. The molecule has 4 aromatic heterocycles. The van der Waals surface area contributed by atoms with Crippen molar-refractivity contribution in [3.63, 3.8) is 0 Å². The van der Waals surface area contributed by atoms with Crippen LogP contribution in [-0.4, -0.2) is 54.7 Å². The highest BCUT2D eigenvalue weighted by Gasteiger charge is 2.20. The molecule has 0 spiro atoms. The number of likely N-dealkylation sites (N-methyl/N-ethyl adjacent to an activating group) is 1. The number of fused-ring (bicyclic) bond motifs is 3. The Labute approximate surface area is 176 Å². The molecule has 30 heavy (non-hydrogen) atoms. The van der Waals surface area contributed by atoms with Crippen LogP contribution in [0.25, 0.3) is 21.3 Å². The number of hydrogen-bond donors (Lipinski definition) is 2. The highest BCUT2D eigenvalue weighted by atomic mass is 32.1. The highest BCUT2D eigenvalue weighted by Crippen LogP contribution is 2.31. The largest absolute Gasteiger partial charge is 0.369 e. The van der Waals surface area contributed by atoms with Crippen LogP contribution in [0.3, 0.4) is 0 Å². The number of H-pyrrole nitrogens is 1. The number of aromatic amines is 1. The summed E-state index contributed by atoms with van der Waals surface area (Å²) in [6.07, 6.45) is 10.7. The molecule has 0 aliphatic carbocycles. The molecule has 1 unspecified atom stereocenters. The Balaban J connectivity index is 1.49. The second kappa shape index (κ2) is 7.22. The SMILES string of the molecule is CN(C)C1C=CC=C(Cc2nc3c(s2)c2cnn(Cc4cc[nH]n4)c(=O)c2n3C)N1. The molecule has 10 heteroatoms. The van der Waals surface area contributed by atoms with Gasteiger partial charge in [0.1, 0.15) is 10.5 Å². The van der Waals surface area contributed by atoms with Crippen LogP contribution < -0.4 is 10.9 Å². The van der Waals surface area contributed by atoms with E-state index < -0.39 is 0 Å². The summed E-state index contributed by atoms with van der Waals surface area (Å²) in [6, 6.07) is 1.83. The van der Waals surface area contributed by atoms with Crippen LogP contribution in [0, 0.1) is 0 Å². The van der Waals surface area contributed by atoms with Gasteiger partial charge in [-0.2, -0.15) is 10.2 Å². The van der Waals surface area contributed by atoms with Crippen LogP contribution in [-0.2, 0) is 20.0 Å². The van der Waals surface area contributed by atoms with Gasteiger partial charge in [-0.15, -0.1) is 11.3 Å². The van der Waals surface area contributed by atoms with Gasteiger partial charge in [0.15, 0.2) is 5.65 Å². The minimum absolute atomic E-state index is 0.139. The lowest BCUT2D eigenvalue weighted by Crippen LogP contribution is -2.40. The van der Waals surface area contributed by atoms with Gasteiger partial charge in [0.25, 0.3) is 5.56 Å². The second-order valence-corrected chi connectivity index (χ2v) is 8.64. The molecule has 154 valence electrons. The monoisotopic (exact) mass is 422 g/mol. The zero-order chi connectivity index (χ0) is 20.8. The summed E-state index contributed by atoms with van der Waals surface area (Å²) in [5.74, 6) is 0. The van der Waals surface area contributed by atoms with Crippen molar-refractivity contribution in [3.05, 3.63) is 63.4 Å². The van der Waals surface area contributed by atoms with Crippen molar-refractivity contribution in [2.45, 2.75) is 19.1 Å². The minimum atomic E-state index is -0.139. The maximum Gasteiger partial charge on any atom is 0.291 e. The maximum atomic E-state index is 13.0. The van der Waals surface area contributed by atoms with E-state index in [9.17, 15) is 4.79 Å². The van der Waals surface area contributed by atoms with E-state index in [4.69, 9.17) is 4.98 Å². The van der Waals surface area contributed by atoms with Crippen molar-refractivity contribution in [1.82, 2.24) is 39.7 Å². The molecule has 5 rings (SSSR count). The summed E-state index contributed by atoms with van der Waals surface area (Å²) in [4.78, 5) is 20.0. The molecule has 4 aromatic rings. The molecule has 1 atom stereocenters. The van der Waals surface area contributed by atoms with E-state index in [-0.39, 0.29) is 11.7 Å². The first-order chi connectivity index (χ1) is 14.5. The van der Waals surface area contributed by atoms with Gasteiger partial charge in [-0.3, -0.25) is 14.8 Å². The zero-order valence-electron chi connectivity index (χ0n) is 17.0. The van der Waals surface area contributed by atoms with E-state index >= 15 is 0 Å². The lowest BCUT2D eigenvalue weighted by Gasteiger charge is -2.26. The third-order valence-electron chi connectivity index (χ3n) is 5.26. The van der Waals surface area contributed by atoms with E-state index in [1.54, 1.807) is 23.7 Å². The summed E-state index contributed by atoms with van der Waals surface area (Å²) in [5.41, 5.74) is 3.18. The Bertz CT molecular complexity index is 1340. The number of nitrogens with zero attached hydrogens (tertiary/aromatic N) is 6. The molecule has 5 heterocycles.